The molecule has 0 aromatic rings. The fourth-order valence-corrected chi connectivity index (χ4v) is 3.19. The number of likely N-dealkylation sites (tertiary alicyclic amines) is 2. The van der Waals surface area contributed by atoms with E-state index in [1.807, 2.05) is 0 Å². The summed E-state index contributed by atoms with van der Waals surface area (Å²) in [6.07, 6.45) is 7.48. The van der Waals surface area contributed by atoms with Crippen molar-refractivity contribution in [1.29, 1.82) is 0 Å². The molecular weight excluding hydrogens is 226 g/mol. The molecule has 2 N–H and O–H groups in total. The largest absolute Gasteiger partial charge is 0.369 e. The molecule has 0 spiro atoms. The first-order valence-electron chi connectivity index (χ1n) is 7.50. The summed E-state index contributed by atoms with van der Waals surface area (Å²) in [5.74, 6) is -0.0236. The second kappa shape index (κ2) is 7.10. The molecule has 0 aliphatic carbocycles. The van der Waals surface area contributed by atoms with Gasteiger partial charge in [-0.05, 0) is 64.8 Å². The standard InChI is InChI=1S/C14H27N3O/c15-14(18)13-6-4-9-17(12-13)11-5-10-16-7-2-1-3-8-16/h13H,1-12H2,(H2,15,18). The van der Waals surface area contributed by atoms with Crippen LogP contribution < -0.4 is 5.73 Å². The molecule has 2 aliphatic rings. The van der Waals surface area contributed by atoms with E-state index in [0.717, 1.165) is 32.5 Å². The number of hydrogen-bond acceptors (Lipinski definition) is 3. The van der Waals surface area contributed by atoms with Crippen molar-refractivity contribution >= 4 is 5.91 Å². The van der Waals surface area contributed by atoms with Gasteiger partial charge in [-0.1, -0.05) is 6.42 Å². The van der Waals surface area contributed by atoms with Gasteiger partial charge >= 0.3 is 0 Å². The highest BCUT2D eigenvalue weighted by atomic mass is 16.1. The first kappa shape index (κ1) is 13.8. The minimum atomic E-state index is -0.115. The molecule has 0 aromatic heterocycles. The van der Waals surface area contributed by atoms with Crippen LogP contribution in [0.2, 0.25) is 0 Å². The minimum absolute atomic E-state index is 0.0914. The van der Waals surface area contributed by atoms with Crippen LogP contribution in [-0.2, 0) is 4.79 Å². The Morgan fingerprint density at radius 2 is 1.67 bits per heavy atom. The Kier molecular flexibility index (Phi) is 5.45. The van der Waals surface area contributed by atoms with E-state index in [4.69, 9.17) is 5.73 Å². The minimum Gasteiger partial charge on any atom is -0.369 e. The molecule has 1 unspecified atom stereocenters. The van der Waals surface area contributed by atoms with Gasteiger partial charge in [0.05, 0.1) is 5.92 Å². The van der Waals surface area contributed by atoms with E-state index in [9.17, 15) is 4.79 Å². The van der Waals surface area contributed by atoms with E-state index < -0.39 is 0 Å². The molecule has 18 heavy (non-hydrogen) atoms. The smallest absolute Gasteiger partial charge is 0.221 e. The summed E-state index contributed by atoms with van der Waals surface area (Å²) in [6.45, 7) is 6.94. The van der Waals surface area contributed by atoms with E-state index in [2.05, 4.69) is 9.80 Å². The number of hydrogen-bond donors (Lipinski definition) is 1. The van der Waals surface area contributed by atoms with Crippen LogP contribution in [-0.4, -0.2) is 55.0 Å². The lowest BCUT2D eigenvalue weighted by atomic mass is 9.97. The molecule has 1 atom stereocenters. The second-order valence-corrected chi connectivity index (χ2v) is 5.80. The SMILES string of the molecule is NC(=O)C1CCCN(CCCN2CCCCC2)C1. The van der Waals surface area contributed by atoms with Gasteiger partial charge in [-0.2, -0.15) is 0 Å². The zero-order valence-corrected chi connectivity index (χ0v) is 11.4. The van der Waals surface area contributed by atoms with Crippen molar-refractivity contribution in [2.75, 3.05) is 39.3 Å². The molecule has 2 rings (SSSR count). The molecule has 0 aromatic carbocycles. The molecule has 4 nitrogen and oxygen atoms in total. The molecule has 1 amide bonds. The molecule has 4 heteroatoms. The lowest BCUT2D eigenvalue weighted by molar-refractivity contribution is -0.123. The van der Waals surface area contributed by atoms with Gasteiger partial charge in [0.1, 0.15) is 0 Å². The highest BCUT2D eigenvalue weighted by Crippen LogP contribution is 2.16. The third-order valence-electron chi connectivity index (χ3n) is 4.31. The Morgan fingerprint density at radius 1 is 1.00 bits per heavy atom. The number of carbonyl (C=O) groups is 1. The van der Waals surface area contributed by atoms with E-state index in [-0.39, 0.29) is 11.8 Å². The number of nitrogens with zero attached hydrogens (tertiary/aromatic N) is 2. The number of piperidine rings is 2. The number of nitrogens with two attached hydrogens (primary N) is 1. The van der Waals surface area contributed by atoms with Gasteiger partial charge in [0, 0.05) is 6.54 Å². The molecular formula is C14H27N3O. The van der Waals surface area contributed by atoms with E-state index in [1.165, 1.54) is 45.3 Å². The van der Waals surface area contributed by atoms with Crippen molar-refractivity contribution < 1.29 is 4.79 Å². The lowest BCUT2D eigenvalue weighted by Gasteiger charge is -2.32. The lowest BCUT2D eigenvalue weighted by Crippen LogP contribution is -2.42. The van der Waals surface area contributed by atoms with Crippen LogP contribution in [0.5, 0.6) is 0 Å². The Hall–Kier alpha value is -0.610. The first-order valence-corrected chi connectivity index (χ1v) is 7.50. The predicted molar refractivity (Wildman–Crippen MR) is 73.3 cm³/mol. The zero-order valence-electron chi connectivity index (χ0n) is 11.4. The van der Waals surface area contributed by atoms with Crippen molar-refractivity contribution in [3.63, 3.8) is 0 Å². The summed E-state index contributed by atoms with van der Waals surface area (Å²) < 4.78 is 0. The van der Waals surface area contributed by atoms with Crippen molar-refractivity contribution in [3.8, 4) is 0 Å². The van der Waals surface area contributed by atoms with Crippen molar-refractivity contribution in [1.82, 2.24) is 9.80 Å². The summed E-state index contributed by atoms with van der Waals surface area (Å²) in [7, 11) is 0. The topological polar surface area (TPSA) is 49.6 Å². The Labute approximate surface area is 110 Å². The Morgan fingerprint density at radius 3 is 2.39 bits per heavy atom. The summed E-state index contributed by atoms with van der Waals surface area (Å²) in [4.78, 5) is 16.2. The number of carbonyl (C=O) groups excluding carboxylic acids is 1. The molecule has 2 aliphatic heterocycles. The molecule has 2 heterocycles. The van der Waals surface area contributed by atoms with E-state index >= 15 is 0 Å². The van der Waals surface area contributed by atoms with Gasteiger partial charge in [-0.25, -0.2) is 0 Å². The van der Waals surface area contributed by atoms with Crippen LogP contribution in [0.4, 0.5) is 0 Å². The summed E-state index contributed by atoms with van der Waals surface area (Å²) >= 11 is 0. The van der Waals surface area contributed by atoms with Gasteiger partial charge in [-0.15, -0.1) is 0 Å². The third kappa shape index (κ3) is 4.25. The quantitative estimate of drug-likeness (QED) is 0.797. The highest BCUT2D eigenvalue weighted by molar-refractivity contribution is 5.76. The van der Waals surface area contributed by atoms with Crippen LogP contribution >= 0.6 is 0 Å². The fraction of sp³-hybridized carbons (Fsp3) is 0.929. The van der Waals surface area contributed by atoms with Crippen molar-refractivity contribution in [2.45, 2.75) is 38.5 Å². The molecule has 104 valence electrons. The maximum absolute atomic E-state index is 11.2. The van der Waals surface area contributed by atoms with E-state index in [0.29, 0.717) is 0 Å². The van der Waals surface area contributed by atoms with E-state index in [1.54, 1.807) is 0 Å². The third-order valence-corrected chi connectivity index (χ3v) is 4.31. The molecule has 0 saturated carbocycles. The highest BCUT2D eigenvalue weighted by Gasteiger charge is 2.23. The van der Waals surface area contributed by atoms with Crippen LogP contribution in [0, 0.1) is 5.92 Å². The second-order valence-electron chi connectivity index (χ2n) is 5.80. The molecule has 2 saturated heterocycles. The number of rotatable bonds is 5. The predicted octanol–water partition coefficient (Wildman–Crippen LogP) is 1.06. The van der Waals surface area contributed by atoms with Crippen LogP contribution in [0.1, 0.15) is 38.5 Å². The first-order chi connectivity index (χ1) is 8.75. The van der Waals surface area contributed by atoms with Crippen molar-refractivity contribution in [3.05, 3.63) is 0 Å². The Balaban J connectivity index is 1.62. The fourth-order valence-electron chi connectivity index (χ4n) is 3.19. The maximum Gasteiger partial charge on any atom is 0.221 e. The summed E-state index contributed by atoms with van der Waals surface area (Å²) in [6, 6.07) is 0. The molecule has 0 bridgehead atoms. The van der Waals surface area contributed by atoms with Crippen LogP contribution in [0.25, 0.3) is 0 Å². The normalized spacial score (nSPS) is 27.2. The molecule has 2 fully saturated rings. The Bertz CT molecular complexity index is 264. The van der Waals surface area contributed by atoms with Crippen LogP contribution in [0.15, 0.2) is 0 Å². The average Bonchev–Trinajstić information content (AvgIpc) is 2.40. The maximum atomic E-state index is 11.2. The zero-order chi connectivity index (χ0) is 12.8. The van der Waals surface area contributed by atoms with Gasteiger partial charge in [0.25, 0.3) is 0 Å². The molecule has 0 radical (unpaired) electrons. The summed E-state index contributed by atoms with van der Waals surface area (Å²) in [5.41, 5.74) is 5.40. The van der Waals surface area contributed by atoms with Gasteiger partial charge in [0.15, 0.2) is 0 Å². The van der Waals surface area contributed by atoms with Crippen LogP contribution in [0.3, 0.4) is 0 Å². The van der Waals surface area contributed by atoms with Gasteiger partial charge in [0.2, 0.25) is 5.91 Å². The van der Waals surface area contributed by atoms with Crippen molar-refractivity contribution in [2.24, 2.45) is 11.7 Å². The summed E-state index contributed by atoms with van der Waals surface area (Å²) in [5, 5.41) is 0. The monoisotopic (exact) mass is 253 g/mol. The number of amides is 1. The van der Waals surface area contributed by atoms with Gasteiger partial charge < -0.3 is 15.5 Å². The van der Waals surface area contributed by atoms with Gasteiger partial charge in [-0.3, -0.25) is 4.79 Å². The average molecular weight is 253 g/mol. The number of primary amides is 1.